The Hall–Kier alpha value is -2.46. The molecule has 1 aromatic rings. The molecule has 1 N–H and O–H groups in total. The van der Waals surface area contributed by atoms with Gasteiger partial charge in [0.05, 0.1) is 4.90 Å². The Bertz CT molecular complexity index is 854. The van der Waals surface area contributed by atoms with Gasteiger partial charge in [0.1, 0.15) is 6.54 Å². The van der Waals surface area contributed by atoms with Gasteiger partial charge in [-0.1, -0.05) is 13.8 Å². The van der Waals surface area contributed by atoms with Crippen LogP contribution in [-0.4, -0.2) is 73.7 Å². The van der Waals surface area contributed by atoms with Gasteiger partial charge in [-0.3, -0.25) is 14.4 Å². The van der Waals surface area contributed by atoms with Gasteiger partial charge in [-0.2, -0.15) is 4.31 Å². The fourth-order valence-electron chi connectivity index (χ4n) is 3.19. The molecule has 10 heteroatoms. The van der Waals surface area contributed by atoms with E-state index in [4.69, 9.17) is 4.74 Å². The summed E-state index contributed by atoms with van der Waals surface area (Å²) in [5.74, 6) is -1.61. The highest BCUT2D eigenvalue weighted by Crippen LogP contribution is 2.16. The highest BCUT2D eigenvalue weighted by molar-refractivity contribution is 7.89. The molecular weight excluding hydrogens is 422 g/mol. The van der Waals surface area contributed by atoms with Crippen LogP contribution in [0.4, 0.5) is 0 Å². The summed E-state index contributed by atoms with van der Waals surface area (Å²) < 4.78 is 31.2. The molecule has 0 aliphatic carbocycles. The molecule has 9 nitrogen and oxygen atoms in total. The zero-order valence-electron chi connectivity index (χ0n) is 19.0. The number of rotatable bonds is 11. The molecule has 0 atom stereocenters. The Morgan fingerprint density at radius 1 is 0.968 bits per heavy atom. The van der Waals surface area contributed by atoms with Crippen molar-refractivity contribution in [1.82, 2.24) is 14.5 Å². The first-order valence-electron chi connectivity index (χ1n) is 10.3. The fraction of sp³-hybridized carbons (Fsp3) is 0.571. The average Bonchev–Trinajstić information content (AvgIpc) is 2.70. The summed E-state index contributed by atoms with van der Waals surface area (Å²) in [5, 5.41) is 2.40. The number of carbonyl (C=O) groups is 3. The third kappa shape index (κ3) is 7.32. The molecule has 174 valence electrons. The zero-order valence-corrected chi connectivity index (χ0v) is 19.9. The van der Waals surface area contributed by atoms with Gasteiger partial charge in [-0.25, -0.2) is 8.42 Å². The monoisotopic (exact) mass is 455 g/mol. The summed E-state index contributed by atoms with van der Waals surface area (Å²) in [6, 6.07) is 5.41. The highest BCUT2D eigenvalue weighted by Gasteiger charge is 2.23. The minimum Gasteiger partial charge on any atom is -0.454 e. The molecule has 0 bridgehead atoms. The number of nitrogens with one attached hydrogen (secondary N) is 1. The van der Waals surface area contributed by atoms with Crippen LogP contribution in [0.25, 0.3) is 0 Å². The number of ether oxygens (including phenoxy) is 1. The molecule has 1 aromatic carbocycles. The van der Waals surface area contributed by atoms with Gasteiger partial charge in [0.2, 0.25) is 10.0 Å². The molecule has 31 heavy (non-hydrogen) atoms. The van der Waals surface area contributed by atoms with E-state index in [0.29, 0.717) is 13.1 Å². The molecule has 0 spiro atoms. The number of esters is 1. The van der Waals surface area contributed by atoms with Gasteiger partial charge in [0, 0.05) is 30.7 Å². The van der Waals surface area contributed by atoms with Gasteiger partial charge >= 0.3 is 5.97 Å². The van der Waals surface area contributed by atoms with Crippen molar-refractivity contribution >= 4 is 27.8 Å². The van der Waals surface area contributed by atoms with Gasteiger partial charge in [-0.05, 0) is 52.0 Å². The van der Waals surface area contributed by atoms with E-state index in [0.717, 1.165) is 0 Å². The molecule has 0 unspecified atom stereocenters. The van der Waals surface area contributed by atoms with Gasteiger partial charge in [0.15, 0.2) is 6.61 Å². The molecule has 0 aliphatic heterocycles. The number of hydrogen-bond donors (Lipinski definition) is 1. The lowest BCUT2D eigenvalue weighted by molar-refractivity contribution is -0.152. The summed E-state index contributed by atoms with van der Waals surface area (Å²) in [6.07, 6.45) is 0. The molecule has 0 saturated heterocycles. The summed E-state index contributed by atoms with van der Waals surface area (Å²) in [5.41, 5.74) is 0.202. The third-order valence-corrected chi connectivity index (χ3v) is 6.67. The van der Waals surface area contributed by atoms with Crippen molar-refractivity contribution < 1.29 is 27.5 Å². The third-order valence-electron chi connectivity index (χ3n) is 4.61. The van der Waals surface area contributed by atoms with Gasteiger partial charge in [0.25, 0.3) is 11.8 Å². The van der Waals surface area contributed by atoms with E-state index < -0.39 is 35.1 Å². The Morgan fingerprint density at radius 3 is 1.94 bits per heavy atom. The standard InChI is InChI=1S/C21H33N3O6S/c1-7-23(8-2)31(28,29)18-11-9-17(10-12-18)21(27)22-13-20(26)30-14-19(25)24(15(3)4)16(5)6/h9-12,15-16H,7-8,13-14H2,1-6H3,(H,22,27). The van der Waals surface area contributed by atoms with E-state index in [-0.39, 0.29) is 28.4 Å². The maximum absolute atomic E-state index is 12.5. The molecule has 0 heterocycles. The normalized spacial score (nSPS) is 11.6. The second-order valence-electron chi connectivity index (χ2n) is 7.45. The van der Waals surface area contributed by atoms with Crippen LogP contribution < -0.4 is 5.32 Å². The number of amides is 2. The lowest BCUT2D eigenvalue weighted by Crippen LogP contribution is -2.44. The fourth-order valence-corrected chi connectivity index (χ4v) is 4.64. The quantitative estimate of drug-likeness (QED) is 0.508. The molecular formula is C21H33N3O6S. The van der Waals surface area contributed by atoms with Crippen molar-refractivity contribution in [3.63, 3.8) is 0 Å². The molecule has 1 rings (SSSR count). The summed E-state index contributed by atoms with van der Waals surface area (Å²) in [4.78, 5) is 38.0. The molecule has 0 aromatic heterocycles. The summed E-state index contributed by atoms with van der Waals surface area (Å²) in [6.45, 7) is 10.9. The van der Waals surface area contributed by atoms with Crippen LogP contribution >= 0.6 is 0 Å². The van der Waals surface area contributed by atoms with Crippen LogP contribution in [0.5, 0.6) is 0 Å². The number of benzene rings is 1. The zero-order chi connectivity index (χ0) is 23.8. The molecule has 2 amide bonds. The van der Waals surface area contributed by atoms with E-state index in [9.17, 15) is 22.8 Å². The first-order chi connectivity index (χ1) is 14.4. The van der Waals surface area contributed by atoms with E-state index in [1.54, 1.807) is 18.7 Å². The van der Waals surface area contributed by atoms with Crippen molar-refractivity contribution in [2.45, 2.75) is 58.5 Å². The number of carbonyl (C=O) groups excluding carboxylic acids is 3. The number of sulfonamides is 1. The Kier molecular flexibility index (Phi) is 10.1. The maximum atomic E-state index is 12.5. The van der Waals surface area contributed by atoms with Crippen molar-refractivity contribution in [2.24, 2.45) is 0 Å². The lowest BCUT2D eigenvalue weighted by atomic mass is 10.2. The van der Waals surface area contributed by atoms with Crippen molar-refractivity contribution in [3.8, 4) is 0 Å². The Morgan fingerprint density at radius 2 is 1.48 bits per heavy atom. The molecule has 0 fully saturated rings. The van der Waals surface area contributed by atoms with E-state index >= 15 is 0 Å². The largest absolute Gasteiger partial charge is 0.454 e. The van der Waals surface area contributed by atoms with Crippen LogP contribution in [0, 0.1) is 0 Å². The average molecular weight is 456 g/mol. The predicted octanol–water partition coefficient (Wildman–Crippen LogP) is 1.64. The van der Waals surface area contributed by atoms with Gasteiger partial charge in [-0.15, -0.1) is 0 Å². The van der Waals surface area contributed by atoms with Gasteiger partial charge < -0.3 is 15.0 Å². The Labute approximate surface area is 184 Å². The first kappa shape index (κ1) is 26.6. The van der Waals surface area contributed by atoms with E-state index in [1.165, 1.54) is 28.6 Å². The molecule has 0 aliphatic rings. The van der Waals surface area contributed by atoms with Crippen LogP contribution in [-0.2, 0) is 24.3 Å². The summed E-state index contributed by atoms with van der Waals surface area (Å²) >= 11 is 0. The lowest BCUT2D eigenvalue weighted by Gasteiger charge is -2.30. The first-order valence-corrected chi connectivity index (χ1v) is 11.7. The van der Waals surface area contributed by atoms with Crippen LogP contribution in [0.1, 0.15) is 51.9 Å². The second kappa shape index (κ2) is 11.8. The van der Waals surface area contributed by atoms with Crippen molar-refractivity contribution in [2.75, 3.05) is 26.2 Å². The SMILES string of the molecule is CCN(CC)S(=O)(=O)c1ccc(C(=O)NCC(=O)OCC(=O)N(C(C)C)C(C)C)cc1. The Balaban J connectivity index is 2.63. The van der Waals surface area contributed by atoms with E-state index in [1.807, 2.05) is 27.7 Å². The number of nitrogens with zero attached hydrogens (tertiary/aromatic N) is 2. The minimum absolute atomic E-state index is 0.0283. The predicted molar refractivity (Wildman–Crippen MR) is 117 cm³/mol. The van der Waals surface area contributed by atoms with E-state index in [2.05, 4.69) is 5.32 Å². The topological polar surface area (TPSA) is 113 Å². The minimum atomic E-state index is -3.61. The van der Waals surface area contributed by atoms with Crippen molar-refractivity contribution in [3.05, 3.63) is 29.8 Å². The molecule has 0 radical (unpaired) electrons. The van der Waals surface area contributed by atoms with Crippen LogP contribution in [0.15, 0.2) is 29.2 Å². The molecule has 0 saturated carbocycles. The van der Waals surface area contributed by atoms with Crippen LogP contribution in [0.2, 0.25) is 0 Å². The van der Waals surface area contributed by atoms with Crippen molar-refractivity contribution in [1.29, 1.82) is 0 Å². The smallest absolute Gasteiger partial charge is 0.325 e. The summed E-state index contributed by atoms with van der Waals surface area (Å²) in [7, 11) is -3.61. The van der Waals surface area contributed by atoms with Crippen LogP contribution in [0.3, 0.4) is 0 Å². The maximum Gasteiger partial charge on any atom is 0.325 e. The number of hydrogen-bond acceptors (Lipinski definition) is 6. The second-order valence-corrected chi connectivity index (χ2v) is 9.38. The highest BCUT2D eigenvalue weighted by atomic mass is 32.2.